The number of nitrogens with one attached hydrogen (secondary N) is 2. The molecule has 102 valence electrons. The highest BCUT2D eigenvalue weighted by Crippen LogP contribution is 2.13. The largest absolute Gasteiger partial charge is 0.335 e. The Hall–Kier alpha value is -1.81. The minimum Gasteiger partial charge on any atom is -0.335 e. The number of likely N-dealkylation sites (tertiary alicyclic amines) is 1. The maximum absolute atomic E-state index is 11.4. The van der Waals surface area contributed by atoms with Crippen LogP contribution in [0.15, 0.2) is 43.1 Å². The fourth-order valence-corrected chi connectivity index (χ4v) is 2.40. The summed E-state index contributed by atoms with van der Waals surface area (Å²) in [5.41, 5.74) is 1.35. The zero-order valence-corrected chi connectivity index (χ0v) is 11.1. The molecule has 2 amide bonds. The quantitative estimate of drug-likeness (QED) is 0.869. The number of amides is 2. The van der Waals surface area contributed by atoms with Gasteiger partial charge in [0, 0.05) is 25.7 Å². The second-order valence-electron chi connectivity index (χ2n) is 4.86. The van der Waals surface area contributed by atoms with Gasteiger partial charge in [-0.25, -0.2) is 4.79 Å². The molecule has 0 saturated carbocycles. The van der Waals surface area contributed by atoms with Gasteiger partial charge in [-0.15, -0.1) is 0 Å². The molecule has 0 bridgehead atoms. The lowest BCUT2D eigenvalue weighted by molar-refractivity contribution is 0.187. The molecule has 1 aliphatic heterocycles. The minimum absolute atomic E-state index is 0.156. The van der Waals surface area contributed by atoms with Crippen LogP contribution < -0.4 is 10.6 Å². The fraction of sp³-hybridized carbons (Fsp3) is 0.400. The summed E-state index contributed by atoms with van der Waals surface area (Å²) in [5.74, 6) is 0. The van der Waals surface area contributed by atoms with E-state index in [9.17, 15) is 4.79 Å². The average molecular weight is 259 g/mol. The number of carbonyl (C=O) groups excluding carboxylic acids is 1. The van der Waals surface area contributed by atoms with Crippen LogP contribution >= 0.6 is 0 Å². The number of hydrogen-bond donors (Lipinski definition) is 2. The SMILES string of the molecule is C=CNC(=O)NC1CCN(Cc2ccccc2)CC1. The van der Waals surface area contributed by atoms with Gasteiger partial charge in [0.25, 0.3) is 0 Å². The molecular formula is C15H21N3O. The molecule has 1 aromatic carbocycles. The van der Waals surface area contributed by atoms with Crippen LogP contribution in [0.1, 0.15) is 18.4 Å². The predicted octanol–water partition coefficient (Wildman–Crippen LogP) is 2.09. The van der Waals surface area contributed by atoms with E-state index in [1.807, 2.05) is 6.07 Å². The average Bonchev–Trinajstić information content (AvgIpc) is 2.42. The fourth-order valence-electron chi connectivity index (χ4n) is 2.40. The third-order valence-electron chi connectivity index (χ3n) is 3.40. The summed E-state index contributed by atoms with van der Waals surface area (Å²) in [6, 6.07) is 10.6. The standard InChI is InChI=1S/C15H21N3O/c1-2-16-15(19)17-14-8-10-18(11-9-14)12-13-6-4-3-5-7-13/h2-7,14H,1,8-12H2,(H2,16,17,19). The third kappa shape index (κ3) is 4.41. The zero-order chi connectivity index (χ0) is 13.5. The first-order chi connectivity index (χ1) is 9.28. The maximum atomic E-state index is 11.4. The van der Waals surface area contributed by atoms with Gasteiger partial charge in [0.2, 0.25) is 0 Å². The normalized spacial score (nSPS) is 16.8. The number of piperidine rings is 1. The molecule has 0 aliphatic carbocycles. The summed E-state index contributed by atoms with van der Waals surface area (Å²) in [4.78, 5) is 13.8. The van der Waals surface area contributed by atoms with E-state index in [4.69, 9.17) is 0 Å². The number of benzene rings is 1. The molecular weight excluding hydrogens is 238 g/mol. The van der Waals surface area contributed by atoms with Gasteiger partial charge in [0.1, 0.15) is 0 Å². The Kier molecular flexibility index (Phi) is 4.98. The van der Waals surface area contributed by atoms with Crippen molar-refractivity contribution in [2.75, 3.05) is 13.1 Å². The van der Waals surface area contributed by atoms with Crippen molar-refractivity contribution in [3.8, 4) is 0 Å². The molecule has 2 rings (SSSR count). The lowest BCUT2D eigenvalue weighted by atomic mass is 10.0. The molecule has 0 atom stereocenters. The van der Waals surface area contributed by atoms with E-state index in [1.165, 1.54) is 11.8 Å². The van der Waals surface area contributed by atoms with Crippen LogP contribution in [0.4, 0.5) is 4.79 Å². The summed E-state index contributed by atoms with van der Waals surface area (Å²) in [7, 11) is 0. The number of rotatable bonds is 4. The monoisotopic (exact) mass is 259 g/mol. The van der Waals surface area contributed by atoms with E-state index in [0.29, 0.717) is 0 Å². The lowest BCUT2D eigenvalue weighted by Crippen LogP contribution is -2.46. The van der Waals surface area contributed by atoms with Crippen molar-refractivity contribution in [3.05, 3.63) is 48.7 Å². The molecule has 0 unspecified atom stereocenters. The van der Waals surface area contributed by atoms with Crippen molar-refractivity contribution in [3.63, 3.8) is 0 Å². The van der Waals surface area contributed by atoms with E-state index in [2.05, 4.69) is 46.4 Å². The van der Waals surface area contributed by atoms with Crippen molar-refractivity contribution in [2.24, 2.45) is 0 Å². The summed E-state index contributed by atoms with van der Waals surface area (Å²) >= 11 is 0. The van der Waals surface area contributed by atoms with E-state index in [1.54, 1.807) is 0 Å². The van der Waals surface area contributed by atoms with Gasteiger partial charge in [-0.1, -0.05) is 36.9 Å². The van der Waals surface area contributed by atoms with Crippen LogP contribution in [0.5, 0.6) is 0 Å². The minimum atomic E-state index is -0.156. The van der Waals surface area contributed by atoms with Gasteiger partial charge in [-0.3, -0.25) is 4.90 Å². The van der Waals surface area contributed by atoms with Crippen molar-refractivity contribution in [1.82, 2.24) is 15.5 Å². The van der Waals surface area contributed by atoms with Gasteiger partial charge < -0.3 is 10.6 Å². The lowest BCUT2D eigenvalue weighted by Gasteiger charge is -2.32. The molecule has 1 fully saturated rings. The molecule has 19 heavy (non-hydrogen) atoms. The summed E-state index contributed by atoms with van der Waals surface area (Å²) in [6.45, 7) is 6.51. The van der Waals surface area contributed by atoms with Crippen molar-refractivity contribution in [2.45, 2.75) is 25.4 Å². The van der Waals surface area contributed by atoms with E-state index in [-0.39, 0.29) is 12.1 Å². The van der Waals surface area contributed by atoms with Crippen LogP contribution in [0, 0.1) is 0 Å². The third-order valence-corrected chi connectivity index (χ3v) is 3.40. The number of urea groups is 1. The Bertz CT molecular complexity index is 411. The molecule has 0 aromatic heterocycles. The smallest absolute Gasteiger partial charge is 0.318 e. The molecule has 1 aromatic rings. The first-order valence-electron chi connectivity index (χ1n) is 6.72. The highest BCUT2D eigenvalue weighted by atomic mass is 16.2. The molecule has 1 aliphatic rings. The first-order valence-corrected chi connectivity index (χ1v) is 6.72. The molecule has 0 radical (unpaired) electrons. The molecule has 4 heteroatoms. The molecule has 1 saturated heterocycles. The summed E-state index contributed by atoms with van der Waals surface area (Å²) < 4.78 is 0. The predicted molar refractivity (Wildman–Crippen MR) is 76.6 cm³/mol. The highest BCUT2D eigenvalue weighted by molar-refractivity contribution is 5.75. The van der Waals surface area contributed by atoms with Crippen molar-refractivity contribution < 1.29 is 4.79 Å². The second-order valence-corrected chi connectivity index (χ2v) is 4.86. The van der Waals surface area contributed by atoms with Crippen LogP contribution in [0.25, 0.3) is 0 Å². The Morgan fingerprint density at radius 1 is 1.32 bits per heavy atom. The Balaban J connectivity index is 1.73. The van der Waals surface area contributed by atoms with Crippen LogP contribution in [0.2, 0.25) is 0 Å². The number of carbonyl (C=O) groups is 1. The van der Waals surface area contributed by atoms with Gasteiger partial charge in [0.05, 0.1) is 0 Å². The molecule has 1 heterocycles. The van der Waals surface area contributed by atoms with Crippen molar-refractivity contribution >= 4 is 6.03 Å². The van der Waals surface area contributed by atoms with Crippen LogP contribution in [-0.2, 0) is 6.54 Å². The van der Waals surface area contributed by atoms with Gasteiger partial charge in [-0.2, -0.15) is 0 Å². The highest BCUT2D eigenvalue weighted by Gasteiger charge is 2.20. The molecule has 4 nitrogen and oxygen atoms in total. The number of hydrogen-bond acceptors (Lipinski definition) is 2. The summed E-state index contributed by atoms with van der Waals surface area (Å²) in [6.07, 6.45) is 3.40. The number of nitrogens with zero attached hydrogens (tertiary/aromatic N) is 1. The van der Waals surface area contributed by atoms with Crippen LogP contribution in [0.3, 0.4) is 0 Å². The second kappa shape index (κ2) is 6.95. The van der Waals surface area contributed by atoms with Gasteiger partial charge >= 0.3 is 6.03 Å². The van der Waals surface area contributed by atoms with Crippen LogP contribution in [-0.4, -0.2) is 30.1 Å². The summed E-state index contributed by atoms with van der Waals surface area (Å²) in [5, 5.41) is 5.50. The first kappa shape index (κ1) is 13.6. The molecule has 0 spiro atoms. The van der Waals surface area contributed by atoms with Crippen molar-refractivity contribution in [1.29, 1.82) is 0 Å². The molecule has 2 N–H and O–H groups in total. The Labute approximate surface area is 114 Å². The maximum Gasteiger partial charge on any atom is 0.318 e. The van der Waals surface area contributed by atoms with Gasteiger partial charge in [-0.05, 0) is 24.6 Å². The van der Waals surface area contributed by atoms with E-state index >= 15 is 0 Å². The van der Waals surface area contributed by atoms with E-state index < -0.39 is 0 Å². The van der Waals surface area contributed by atoms with Gasteiger partial charge in [0.15, 0.2) is 0 Å². The Morgan fingerprint density at radius 3 is 2.63 bits per heavy atom. The zero-order valence-electron chi connectivity index (χ0n) is 11.1. The topological polar surface area (TPSA) is 44.4 Å². The van der Waals surface area contributed by atoms with E-state index in [0.717, 1.165) is 32.5 Å². The Morgan fingerprint density at radius 2 is 2.00 bits per heavy atom.